The second-order valence-electron chi connectivity index (χ2n) is 6.07. The number of aryl methyl sites for hydroxylation is 1. The molecular formula is C20H19N3O. The summed E-state index contributed by atoms with van der Waals surface area (Å²) in [6, 6.07) is 22.0. The SMILES string of the molecule is Cn1c(=N)n(C[C@H](O)c2cccc3ccccc23)c2ccccc21. The van der Waals surface area contributed by atoms with Crippen LogP contribution < -0.4 is 5.62 Å². The van der Waals surface area contributed by atoms with Gasteiger partial charge >= 0.3 is 0 Å². The maximum Gasteiger partial charge on any atom is 0.202 e. The van der Waals surface area contributed by atoms with Crippen molar-refractivity contribution in [3.63, 3.8) is 0 Å². The lowest BCUT2D eigenvalue weighted by Crippen LogP contribution is -2.25. The first-order valence-electron chi connectivity index (χ1n) is 8.01. The summed E-state index contributed by atoms with van der Waals surface area (Å²) in [5, 5.41) is 21.4. The van der Waals surface area contributed by atoms with Crippen molar-refractivity contribution in [3.05, 3.63) is 77.9 Å². The summed E-state index contributed by atoms with van der Waals surface area (Å²) in [6.45, 7) is 0.355. The van der Waals surface area contributed by atoms with E-state index in [-0.39, 0.29) is 0 Å². The maximum absolute atomic E-state index is 10.9. The van der Waals surface area contributed by atoms with Gasteiger partial charge in [0.25, 0.3) is 0 Å². The summed E-state index contributed by atoms with van der Waals surface area (Å²) in [5.41, 5.74) is 3.24. The number of para-hydroxylation sites is 2. The van der Waals surface area contributed by atoms with Gasteiger partial charge in [-0.05, 0) is 28.5 Å². The number of imidazole rings is 1. The van der Waals surface area contributed by atoms with Crippen molar-refractivity contribution < 1.29 is 5.11 Å². The van der Waals surface area contributed by atoms with Crippen molar-refractivity contribution in [2.24, 2.45) is 7.05 Å². The molecule has 2 N–H and O–H groups in total. The highest BCUT2D eigenvalue weighted by molar-refractivity contribution is 5.86. The van der Waals surface area contributed by atoms with E-state index in [9.17, 15) is 5.11 Å². The predicted molar refractivity (Wildman–Crippen MR) is 95.7 cm³/mol. The largest absolute Gasteiger partial charge is 0.387 e. The van der Waals surface area contributed by atoms with Gasteiger partial charge < -0.3 is 14.2 Å². The highest BCUT2D eigenvalue weighted by Crippen LogP contribution is 2.26. The van der Waals surface area contributed by atoms with Crippen molar-refractivity contribution in [2.45, 2.75) is 12.6 Å². The number of fused-ring (bicyclic) bond motifs is 2. The number of benzene rings is 3. The lowest BCUT2D eigenvalue weighted by atomic mass is 10.0. The Morgan fingerprint density at radius 1 is 0.917 bits per heavy atom. The van der Waals surface area contributed by atoms with E-state index in [1.807, 2.05) is 82.9 Å². The molecule has 0 aliphatic carbocycles. The Labute approximate surface area is 139 Å². The van der Waals surface area contributed by atoms with Crippen LogP contribution in [0.5, 0.6) is 0 Å². The molecule has 0 aliphatic heterocycles. The summed E-state index contributed by atoms with van der Waals surface area (Å²) >= 11 is 0. The Balaban J connectivity index is 1.81. The summed E-state index contributed by atoms with van der Waals surface area (Å²) in [4.78, 5) is 0. The zero-order valence-electron chi connectivity index (χ0n) is 13.5. The summed E-state index contributed by atoms with van der Waals surface area (Å²) in [7, 11) is 1.88. The van der Waals surface area contributed by atoms with Gasteiger partial charge in [-0.15, -0.1) is 0 Å². The van der Waals surface area contributed by atoms with Crippen LogP contribution in [0.1, 0.15) is 11.7 Å². The normalized spacial score (nSPS) is 12.8. The van der Waals surface area contributed by atoms with E-state index >= 15 is 0 Å². The van der Waals surface area contributed by atoms with Crippen LogP contribution in [0.15, 0.2) is 66.7 Å². The van der Waals surface area contributed by atoms with Gasteiger partial charge in [0.05, 0.1) is 23.7 Å². The summed E-state index contributed by atoms with van der Waals surface area (Å²) < 4.78 is 3.70. The third-order valence-electron chi connectivity index (χ3n) is 4.65. The molecule has 3 aromatic carbocycles. The standard InChI is InChI=1S/C20H19N3O/c1-22-17-11-4-5-12-18(17)23(20(22)21)13-19(24)16-10-6-8-14-7-2-3-9-15(14)16/h2-12,19,21,24H,13H2,1H3/t19-/m0/s1. The van der Waals surface area contributed by atoms with Gasteiger partial charge in [0.15, 0.2) is 0 Å². The van der Waals surface area contributed by atoms with Crippen LogP contribution in [-0.2, 0) is 13.6 Å². The van der Waals surface area contributed by atoms with E-state index in [2.05, 4.69) is 0 Å². The summed E-state index contributed by atoms with van der Waals surface area (Å²) in [6.07, 6.45) is -0.670. The number of aromatic nitrogens is 2. The van der Waals surface area contributed by atoms with E-state index in [0.717, 1.165) is 27.4 Å². The fraction of sp³-hybridized carbons (Fsp3) is 0.150. The minimum atomic E-state index is -0.670. The second-order valence-corrected chi connectivity index (χ2v) is 6.07. The number of aliphatic hydroxyl groups excluding tert-OH is 1. The Morgan fingerprint density at radius 2 is 1.58 bits per heavy atom. The molecule has 24 heavy (non-hydrogen) atoms. The topological polar surface area (TPSA) is 53.9 Å². The fourth-order valence-corrected chi connectivity index (χ4v) is 3.38. The zero-order chi connectivity index (χ0) is 16.7. The first-order valence-corrected chi connectivity index (χ1v) is 8.01. The number of nitrogens with zero attached hydrogens (tertiary/aromatic N) is 2. The van der Waals surface area contributed by atoms with Gasteiger partial charge in [0.1, 0.15) is 0 Å². The molecule has 120 valence electrons. The third-order valence-corrected chi connectivity index (χ3v) is 4.65. The number of rotatable bonds is 3. The van der Waals surface area contributed by atoms with E-state index in [4.69, 9.17) is 5.41 Å². The van der Waals surface area contributed by atoms with Gasteiger partial charge in [0, 0.05) is 7.05 Å². The fourth-order valence-electron chi connectivity index (χ4n) is 3.38. The highest BCUT2D eigenvalue weighted by atomic mass is 16.3. The molecule has 0 spiro atoms. The Kier molecular flexibility index (Phi) is 3.47. The monoisotopic (exact) mass is 317 g/mol. The van der Waals surface area contributed by atoms with Gasteiger partial charge in [-0.1, -0.05) is 54.6 Å². The van der Waals surface area contributed by atoms with Crippen molar-refractivity contribution in [3.8, 4) is 0 Å². The van der Waals surface area contributed by atoms with Crippen LogP contribution in [0.4, 0.5) is 0 Å². The van der Waals surface area contributed by atoms with E-state index in [0.29, 0.717) is 12.2 Å². The minimum absolute atomic E-state index is 0.355. The van der Waals surface area contributed by atoms with Crippen molar-refractivity contribution in [1.29, 1.82) is 5.41 Å². The molecule has 0 saturated carbocycles. The Bertz CT molecular complexity index is 1090. The smallest absolute Gasteiger partial charge is 0.202 e. The number of hydrogen-bond donors (Lipinski definition) is 2. The molecule has 0 fully saturated rings. The molecule has 0 radical (unpaired) electrons. The second kappa shape index (κ2) is 5.65. The van der Waals surface area contributed by atoms with Crippen LogP contribution >= 0.6 is 0 Å². The minimum Gasteiger partial charge on any atom is -0.387 e. The van der Waals surface area contributed by atoms with E-state index in [1.54, 1.807) is 0 Å². The average molecular weight is 317 g/mol. The maximum atomic E-state index is 10.9. The van der Waals surface area contributed by atoms with Crippen molar-refractivity contribution >= 4 is 21.8 Å². The molecule has 1 heterocycles. The molecule has 0 bridgehead atoms. The number of hydrogen-bond acceptors (Lipinski definition) is 2. The number of nitrogens with one attached hydrogen (secondary N) is 1. The lowest BCUT2D eigenvalue weighted by molar-refractivity contribution is 0.157. The third kappa shape index (κ3) is 2.23. The summed E-state index contributed by atoms with van der Waals surface area (Å²) in [5.74, 6) is 0. The molecule has 0 saturated heterocycles. The van der Waals surface area contributed by atoms with Crippen LogP contribution in [-0.4, -0.2) is 14.2 Å². The Hall–Kier alpha value is -2.85. The van der Waals surface area contributed by atoms with Gasteiger partial charge in [-0.2, -0.15) is 0 Å². The molecular weight excluding hydrogens is 298 g/mol. The van der Waals surface area contributed by atoms with Crippen LogP contribution in [0.3, 0.4) is 0 Å². The number of aliphatic hydroxyl groups is 1. The molecule has 0 amide bonds. The van der Waals surface area contributed by atoms with E-state index in [1.165, 1.54) is 0 Å². The molecule has 4 nitrogen and oxygen atoms in total. The van der Waals surface area contributed by atoms with Gasteiger partial charge in [0.2, 0.25) is 5.62 Å². The van der Waals surface area contributed by atoms with Crippen LogP contribution in [0, 0.1) is 5.41 Å². The van der Waals surface area contributed by atoms with Gasteiger partial charge in [-0.3, -0.25) is 5.41 Å². The molecule has 4 rings (SSSR count). The lowest BCUT2D eigenvalue weighted by Gasteiger charge is -2.15. The van der Waals surface area contributed by atoms with Crippen LogP contribution in [0.2, 0.25) is 0 Å². The zero-order valence-corrected chi connectivity index (χ0v) is 13.5. The average Bonchev–Trinajstić information content (AvgIpc) is 2.86. The predicted octanol–water partition coefficient (Wildman–Crippen LogP) is 3.35. The molecule has 4 heteroatoms. The molecule has 1 atom stereocenters. The quantitative estimate of drug-likeness (QED) is 0.598. The molecule has 1 aromatic heterocycles. The van der Waals surface area contributed by atoms with E-state index < -0.39 is 6.10 Å². The molecule has 4 aromatic rings. The molecule has 0 aliphatic rings. The highest BCUT2D eigenvalue weighted by Gasteiger charge is 2.15. The first-order chi connectivity index (χ1) is 11.7. The van der Waals surface area contributed by atoms with Crippen molar-refractivity contribution in [1.82, 2.24) is 9.13 Å². The van der Waals surface area contributed by atoms with Crippen molar-refractivity contribution in [2.75, 3.05) is 0 Å². The first kappa shape index (κ1) is 14.7. The molecule has 0 unspecified atom stereocenters. The van der Waals surface area contributed by atoms with Crippen LogP contribution in [0.25, 0.3) is 21.8 Å². The van der Waals surface area contributed by atoms with Gasteiger partial charge in [-0.25, -0.2) is 0 Å². The Morgan fingerprint density at radius 3 is 2.42 bits per heavy atom.